The molecule has 0 radical (unpaired) electrons. The van der Waals surface area contributed by atoms with Gasteiger partial charge < -0.3 is 5.73 Å². The highest BCUT2D eigenvalue weighted by Gasteiger charge is 2.32. The molecule has 0 atom stereocenters. The predicted octanol–water partition coefficient (Wildman–Crippen LogP) is 1.34. The molecule has 1 aliphatic rings. The number of ketones is 1. The number of amides is 1. The van der Waals surface area contributed by atoms with E-state index in [0.717, 1.165) is 0 Å². The summed E-state index contributed by atoms with van der Waals surface area (Å²) >= 11 is 0. The number of Topliss-reactive ketones (excluding diaryl/α,β-unsaturated/α-hetero) is 1. The van der Waals surface area contributed by atoms with Crippen molar-refractivity contribution in [2.24, 2.45) is 11.1 Å². The van der Waals surface area contributed by atoms with Gasteiger partial charge in [-0.15, -0.1) is 0 Å². The zero-order valence-corrected chi connectivity index (χ0v) is 9.41. The summed E-state index contributed by atoms with van der Waals surface area (Å²) in [5, 5.41) is 0. The Morgan fingerprint density at radius 1 is 1.38 bits per heavy atom. The molecule has 84 valence electrons. The minimum absolute atomic E-state index is 0.0899. The van der Waals surface area contributed by atoms with Crippen LogP contribution < -0.4 is 5.73 Å². The van der Waals surface area contributed by atoms with Crippen molar-refractivity contribution in [3.05, 3.63) is 29.1 Å². The van der Waals surface area contributed by atoms with Crippen LogP contribution in [0.4, 0.5) is 0 Å². The average Bonchev–Trinajstić information content (AvgIpc) is 2.14. The molecule has 0 bridgehead atoms. The minimum atomic E-state index is -0.557. The molecule has 0 fully saturated rings. The zero-order valence-electron chi connectivity index (χ0n) is 9.41. The van der Waals surface area contributed by atoms with Gasteiger partial charge in [-0.2, -0.15) is 0 Å². The monoisotopic (exact) mass is 218 g/mol. The number of primary amides is 1. The summed E-state index contributed by atoms with van der Waals surface area (Å²) < 4.78 is 0. The maximum Gasteiger partial charge on any atom is 0.267 e. The van der Waals surface area contributed by atoms with Gasteiger partial charge in [0.15, 0.2) is 5.78 Å². The number of carbonyl (C=O) groups excluding carboxylic acids is 2. The lowest BCUT2D eigenvalue weighted by atomic mass is 9.75. The lowest BCUT2D eigenvalue weighted by Crippen LogP contribution is -2.29. The van der Waals surface area contributed by atoms with Crippen molar-refractivity contribution in [3.8, 4) is 0 Å². The molecule has 1 aromatic rings. The van der Waals surface area contributed by atoms with E-state index in [0.29, 0.717) is 24.1 Å². The van der Waals surface area contributed by atoms with Crippen molar-refractivity contribution in [1.82, 2.24) is 4.98 Å². The largest absolute Gasteiger partial charge is 0.364 e. The molecule has 2 N–H and O–H groups in total. The van der Waals surface area contributed by atoms with Crippen molar-refractivity contribution in [2.75, 3.05) is 0 Å². The molecule has 4 nitrogen and oxygen atoms in total. The number of hydrogen-bond acceptors (Lipinski definition) is 3. The Morgan fingerprint density at radius 3 is 2.69 bits per heavy atom. The molecule has 0 saturated carbocycles. The molecule has 0 saturated heterocycles. The van der Waals surface area contributed by atoms with Gasteiger partial charge in [0.25, 0.3) is 5.91 Å². The van der Waals surface area contributed by atoms with E-state index in [4.69, 9.17) is 5.73 Å². The van der Waals surface area contributed by atoms with E-state index >= 15 is 0 Å². The van der Waals surface area contributed by atoms with Gasteiger partial charge in [0, 0.05) is 12.0 Å². The highest BCUT2D eigenvalue weighted by atomic mass is 16.1. The second kappa shape index (κ2) is 3.40. The highest BCUT2D eigenvalue weighted by Crippen LogP contribution is 2.33. The van der Waals surface area contributed by atoms with Crippen LogP contribution in [0.15, 0.2) is 12.1 Å². The topological polar surface area (TPSA) is 73.1 Å². The summed E-state index contributed by atoms with van der Waals surface area (Å²) in [5.41, 5.74) is 6.62. The number of aromatic nitrogens is 1. The van der Waals surface area contributed by atoms with Gasteiger partial charge in [-0.3, -0.25) is 9.59 Å². The first-order valence-corrected chi connectivity index (χ1v) is 5.22. The predicted molar refractivity (Wildman–Crippen MR) is 59.2 cm³/mol. The molecule has 0 spiro atoms. The van der Waals surface area contributed by atoms with Crippen LogP contribution in [0.5, 0.6) is 0 Å². The SMILES string of the molecule is CC1(C)CC(=O)c2ccc(C(N)=O)nc2C1. The van der Waals surface area contributed by atoms with E-state index in [1.54, 1.807) is 6.07 Å². The first-order chi connectivity index (χ1) is 7.39. The fourth-order valence-electron chi connectivity index (χ4n) is 2.07. The van der Waals surface area contributed by atoms with E-state index in [1.165, 1.54) is 6.07 Å². The molecule has 0 aromatic carbocycles. The van der Waals surface area contributed by atoms with E-state index in [2.05, 4.69) is 4.98 Å². The van der Waals surface area contributed by atoms with E-state index in [1.807, 2.05) is 13.8 Å². The third-order valence-electron chi connectivity index (χ3n) is 2.81. The van der Waals surface area contributed by atoms with Gasteiger partial charge in [-0.05, 0) is 24.0 Å². The molecule has 1 aromatic heterocycles. The Balaban J connectivity index is 2.50. The Kier molecular flexibility index (Phi) is 2.30. The normalized spacial score (nSPS) is 18.0. The van der Waals surface area contributed by atoms with Crippen molar-refractivity contribution < 1.29 is 9.59 Å². The van der Waals surface area contributed by atoms with Crippen molar-refractivity contribution in [3.63, 3.8) is 0 Å². The van der Waals surface area contributed by atoms with Gasteiger partial charge in [0.05, 0.1) is 5.69 Å². The Labute approximate surface area is 93.9 Å². The van der Waals surface area contributed by atoms with Crippen LogP contribution in [-0.2, 0) is 6.42 Å². The Hall–Kier alpha value is -1.71. The number of fused-ring (bicyclic) bond motifs is 1. The summed E-state index contributed by atoms with van der Waals surface area (Å²) in [6.45, 7) is 4.04. The molecular weight excluding hydrogens is 204 g/mol. The third kappa shape index (κ3) is 1.83. The molecular formula is C12H14N2O2. The van der Waals surface area contributed by atoms with E-state index < -0.39 is 5.91 Å². The molecule has 1 heterocycles. The fourth-order valence-corrected chi connectivity index (χ4v) is 2.07. The van der Waals surface area contributed by atoms with Gasteiger partial charge in [0.2, 0.25) is 0 Å². The summed E-state index contributed by atoms with van der Waals surface area (Å²) in [7, 11) is 0. The standard InChI is InChI=1S/C12H14N2O2/c1-12(2)5-9-7(10(15)6-12)3-4-8(14-9)11(13)16/h3-4H,5-6H2,1-2H3,(H2,13,16). The first-order valence-electron chi connectivity index (χ1n) is 5.22. The van der Waals surface area contributed by atoms with E-state index in [9.17, 15) is 9.59 Å². The van der Waals surface area contributed by atoms with Crippen LogP contribution in [0, 0.1) is 5.41 Å². The summed E-state index contributed by atoms with van der Waals surface area (Å²) in [6, 6.07) is 3.16. The van der Waals surface area contributed by atoms with Gasteiger partial charge >= 0.3 is 0 Å². The number of carbonyl (C=O) groups is 2. The molecule has 0 aliphatic heterocycles. The molecule has 4 heteroatoms. The maximum absolute atomic E-state index is 11.8. The highest BCUT2D eigenvalue weighted by molar-refractivity contribution is 5.99. The van der Waals surface area contributed by atoms with Crippen molar-refractivity contribution in [1.29, 1.82) is 0 Å². The number of nitrogens with zero attached hydrogens (tertiary/aromatic N) is 1. The fraction of sp³-hybridized carbons (Fsp3) is 0.417. The lowest BCUT2D eigenvalue weighted by Gasteiger charge is -2.29. The van der Waals surface area contributed by atoms with Crippen LogP contribution in [-0.4, -0.2) is 16.7 Å². The number of hydrogen-bond donors (Lipinski definition) is 1. The minimum Gasteiger partial charge on any atom is -0.364 e. The molecule has 0 unspecified atom stereocenters. The maximum atomic E-state index is 11.8. The average molecular weight is 218 g/mol. The third-order valence-corrected chi connectivity index (χ3v) is 2.81. The van der Waals surface area contributed by atoms with Crippen LogP contribution in [0.25, 0.3) is 0 Å². The summed E-state index contributed by atoms with van der Waals surface area (Å²) in [4.78, 5) is 27.0. The van der Waals surface area contributed by atoms with Crippen molar-refractivity contribution in [2.45, 2.75) is 26.7 Å². The number of nitrogens with two attached hydrogens (primary N) is 1. The van der Waals surface area contributed by atoms with Gasteiger partial charge in [-0.1, -0.05) is 13.8 Å². The Morgan fingerprint density at radius 2 is 2.06 bits per heavy atom. The van der Waals surface area contributed by atoms with Crippen molar-refractivity contribution >= 4 is 11.7 Å². The summed E-state index contributed by atoms with van der Waals surface area (Å²) in [5.74, 6) is -0.464. The number of rotatable bonds is 1. The molecule has 1 amide bonds. The van der Waals surface area contributed by atoms with Crippen LogP contribution >= 0.6 is 0 Å². The van der Waals surface area contributed by atoms with Crippen LogP contribution in [0.3, 0.4) is 0 Å². The number of pyridine rings is 1. The van der Waals surface area contributed by atoms with Crippen LogP contribution in [0.1, 0.15) is 46.8 Å². The molecule has 2 rings (SSSR count). The molecule has 1 aliphatic carbocycles. The van der Waals surface area contributed by atoms with Crippen LogP contribution in [0.2, 0.25) is 0 Å². The van der Waals surface area contributed by atoms with Gasteiger partial charge in [0.1, 0.15) is 5.69 Å². The van der Waals surface area contributed by atoms with E-state index in [-0.39, 0.29) is 16.9 Å². The zero-order chi connectivity index (χ0) is 11.9. The summed E-state index contributed by atoms with van der Waals surface area (Å²) in [6.07, 6.45) is 1.23. The first kappa shape index (κ1) is 10.8. The second-order valence-corrected chi connectivity index (χ2v) is 5.00. The smallest absolute Gasteiger partial charge is 0.267 e. The quantitative estimate of drug-likeness (QED) is 0.772. The Bertz CT molecular complexity index is 478. The molecule has 16 heavy (non-hydrogen) atoms. The second-order valence-electron chi connectivity index (χ2n) is 5.00. The lowest BCUT2D eigenvalue weighted by molar-refractivity contribution is 0.0906. The van der Waals surface area contributed by atoms with Gasteiger partial charge in [-0.25, -0.2) is 4.98 Å².